The number of rotatable bonds is 5. The number of esters is 1. The van der Waals surface area contributed by atoms with Crippen molar-refractivity contribution in [3.63, 3.8) is 0 Å². The van der Waals surface area contributed by atoms with Gasteiger partial charge in [-0.2, -0.15) is 5.10 Å². The quantitative estimate of drug-likeness (QED) is 0.477. The van der Waals surface area contributed by atoms with Crippen LogP contribution in [0.15, 0.2) is 35.9 Å². The van der Waals surface area contributed by atoms with E-state index in [0.29, 0.717) is 28.5 Å². The highest BCUT2D eigenvalue weighted by Crippen LogP contribution is 2.20. The average Bonchev–Trinajstić information content (AvgIpc) is 2.77. The highest BCUT2D eigenvalue weighted by molar-refractivity contribution is 7.26. The number of carbonyl (C=O) groups excluding carboxylic acids is 1. The third-order valence-corrected chi connectivity index (χ3v) is 2.81. The Morgan fingerprint density at radius 3 is 2.95 bits per heavy atom. The minimum atomic E-state index is -0.458. The SMILES string of the molecule is C=C(/C(Cl)=C\C=C/C)n1nc(P)cc1C(=O)OCC. The summed E-state index contributed by atoms with van der Waals surface area (Å²) in [4.78, 5) is 11.8. The first-order valence-corrected chi connectivity index (χ1v) is 6.67. The smallest absolute Gasteiger partial charge is 0.357 e. The molecule has 1 rings (SSSR count). The number of hydrogen-bond acceptors (Lipinski definition) is 3. The highest BCUT2D eigenvalue weighted by Gasteiger charge is 2.18. The maximum atomic E-state index is 11.8. The largest absolute Gasteiger partial charge is 0.461 e. The van der Waals surface area contributed by atoms with Crippen LogP contribution in [-0.4, -0.2) is 22.4 Å². The number of ether oxygens (including phenoxy) is 1. The predicted molar refractivity (Wildman–Crippen MR) is 81.6 cm³/mol. The van der Waals surface area contributed by atoms with Gasteiger partial charge < -0.3 is 4.74 Å². The van der Waals surface area contributed by atoms with Crippen LogP contribution in [0.5, 0.6) is 0 Å². The van der Waals surface area contributed by atoms with Gasteiger partial charge in [-0.05, 0) is 26.0 Å². The van der Waals surface area contributed by atoms with Crippen molar-refractivity contribution in [3.05, 3.63) is 41.6 Å². The molecule has 6 heteroatoms. The number of aromatic nitrogens is 2. The summed E-state index contributed by atoms with van der Waals surface area (Å²) in [5, 5.41) is 4.57. The summed E-state index contributed by atoms with van der Waals surface area (Å²) in [6.07, 6.45) is 5.30. The van der Waals surface area contributed by atoms with Crippen LogP contribution >= 0.6 is 20.8 Å². The van der Waals surface area contributed by atoms with Gasteiger partial charge in [-0.25, -0.2) is 9.48 Å². The third-order valence-electron chi connectivity index (χ3n) is 2.18. The van der Waals surface area contributed by atoms with E-state index in [-0.39, 0.29) is 0 Å². The molecule has 1 unspecified atom stereocenters. The Morgan fingerprint density at radius 2 is 2.37 bits per heavy atom. The molecule has 0 radical (unpaired) electrons. The van der Waals surface area contributed by atoms with E-state index in [2.05, 4.69) is 20.9 Å². The molecule has 1 heterocycles. The van der Waals surface area contributed by atoms with Gasteiger partial charge in [0.2, 0.25) is 0 Å². The molecule has 1 atom stereocenters. The first-order chi connectivity index (χ1) is 9.01. The summed E-state index contributed by atoms with van der Waals surface area (Å²) in [7, 11) is 2.42. The van der Waals surface area contributed by atoms with Gasteiger partial charge in [-0.1, -0.05) is 39.6 Å². The molecular formula is C13H16ClN2O2P. The van der Waals surface area contributed by atoms with Crippen molar-refractivity contribution in [2.24, 2.45) is 0 Å². The minimum Gasteiger partial charge on any atom is -0.461 e. The molecule has 0 saturated heterocycles. The lowest BCUT2D eigenvalue weighted by Gasteiger charge is -2.08. The zero-order chi connectivity index (χ0) is 14.4. The molecular weight excluding hydrogens is 283 g/mol. The minimum absolute atomic E-state index is 0.295. The van der Waals surface area contributed by atoms with Crippen molar-refractivity contribution < 1.29 is 9.53 Å². The number of hydrogen-bond donors (Lipinski definition) is 0. The molecule has 102 valence electrons. The molecule has 0 aliphatic heterocycles. The van der Waals surface area contributed by atoms with Gasteiger partial charge in [0.15, 0.2) is 5.69 Å². The molecule has 0 saturated carbocycles. The maximum Gasteiger partial charge on any atom is 0.357 e. The van der Waals surface area contributed by atoms with E-state index in [1.54, 1.807) is 25.1 Å². The Labute approximate surface area is 120 Å². The predicted octanol–water partition coefficient (Wildman–Crippen LogP) is 2.73. The summed E-state index contributed by atoms with van der Waals surface area (Å²) in [6, 6.07) is 1.60. The molecule has 0 aromatic carbocycles. The van der Waals surface area contributed by atoms with Crippen LogP contribution < -0.4 is 5.44 Å². The first-order valence-electron chi connectivity index (χ1n) is 5.72. The van der Waals surface area contributed by atoms with Crippen LogP contribution in [0.3, 0.4) is 0 Å². The van der Waals surface area contributed by atoms with Crippen molar-refractivity contribution >= 4 is 37.9 Å². The van der Waals surface area contributed by atoms with Crippen LogP contribution in [0.25, 0.3) is 5.70 Å². The van der Waals surface area contributed by atoms with E-state index in [4.69, 9.17) is 16.3 Å². The monoisotopic (exact) mass is 298 g/mol. The fourth-order valence-corrected chi connectivity index (χ4v) is 1.76. The lowest BCUT2D eigenvalue weighted by molar-refractivity contribution is 0.0516. The molecule has 0 bridgehead atoms. The second-order valence-corrected chi connectivity index (χ2v) is 4.57. The zero-order valence-corrected chi connectivity index (χ0v) is 12.8. The Kier molecular flexibility index (Phi) is 6.00. The normalized spacial score (nSPS) is 11.9. The van der Waals surface area contributed by atoms with Crippen molar-refractivity contribution in [1.29, 1.82) is 0 Å². The molecule has 0 amide bonds. The van der Waals surface area contributed by atoms with Crippen molar-refractivity contribution in [2.75, 3.05) is 6.61 Å². The highest BCUT2D eigenvalue weighted by atomic mass is 35.5. The summed E-state index contributed by atoms with van der Waals surface area (Å²) >= 11 is 6.10. The first kappa shape index (κ1) is 15.7. The molecule has 1 aromatic rings. The van der Waals surface area contributed by atoms with Gasteiger partial charge in [0.05, 0.1) is 22.8 Å². The summed E-state index contributed by atoms with van der Waals surface area (Å²) in [6.45, 7) is 7.76. The molecule has 4 nitrogen and oxygen atoms in total. The van der Waals surface area contributed by atoms with Gasteiger partial charge >= 0.3 is 5.97 Å². The van der Waals surface area contributed by atoms with Crippen LogP contribution in [0.4, 0.5) is 0 Å². The molecule has 0 fully saturated rings. The Hall–Kier alpha value is -1.38. The summed E-state index contributed by atoms with van der Waals surface area (Å²) in [5.74, 6) is -0.458. The molecule has 0 N–H and O–H groups in total. The third kappa shape index (κ3) is 4.05. The molecule has 0 spiro atoms. The van der Waals surface area contributed by atoms with E-state index in [1.807, 2.05) is 13.0 Å². The van der Waals surface area contributed by atoms with Gasteiger partial charge in [0.1, 0.15) is 0 Å². The second kappa shape index (κ2) is 7.27. The molecule has 0 aliphatic carbocycles. The van der Waals surface area contributed by atoms with Crippen molar-refractivity contribution in [1.82, 2.24) is 9.78 Å². The lowest BCUT2D eigenvalue weighted by Crippen LogP contribution is -2.12. The number of halogens is 1. The average molecular weight is 299 g/mol. The summed E-state index contributed by atoms with van der Waals surface area (Å²) in [5.41, 5.74) is 1.32. The van der Waals surface area contributed by atoms with Gasteiger partial charge in [-0.3, -0.25) is 0 Å². The topological polar surface area (TPSA) is 44.1 Å². The van der Waals surface area contributed by atoms with Crippen molar-refractivity contribution in [3.8, 4) is 0 Å². The molecule has 19 heavy (non-hydrogen) atoms. The fourth-order valence-electron chi connectivity index (χ4n) is 1.33. The van der Waals surface area contributed by atoms with E-state index in [9.17, 15) is 4.79 Å². The van der Waals surface area contributed by atoms with Gasteiger partial charge in [-0.15, -0.1) is 0 Å². The van der Waals surface area contributed by atoms with Crippen LogP contribution in [0, 0.1) is 0 Å². The maximum absolute atomic E-state index is 11.8. The number of allylic oxidation sites excluding steroid dienone is 5. The zero-order valence-electron chi connectivity index (χ0n) is 10.9. The Balaban J connectivity index is 3.13. The van der Waals surface area contributed by atoms with E-state index < -0.39 is 5.97 Å². The Bertz CT molecular complexity index is 547. The standard InChI is InChI=1S/C13H16ClN2O2P/c1-4-6-7-10(14)9(3)16-11(8-12(19)15-16)13(17)18-5-2/h4,6-8H,3,5,19H2,1-2H3/b6-4-,10-7+. The molecule has 1 aromatic heterocycles. The van der Waals surface area contributed by atoms with E-state index >= 15 is 0 Å². The van der Waals surface area contributed by atoms with Crippen LogP contribution in [0.2, 0.25) is 0 Å². The van der Waals surface area contributed by atoms with Gasteiger partial charge in [0, 0.05) is 0 Å². The van der Waals surface area contributed by atoms with Crippen molar-refractivity contribution in [2.45, 2.75) is 13.8 Å². The molecule has 0 aliphatic rings. The van der Waals surface area contributed by atoms with E-state index in [0.717, 1.165) is 0 Å². The Morgan fingerprint density at radius 1 is 1.68 bits per heavy atom. The fraction of sp³-hybridized carbons (Fsp3) is 0.231. The van der Waals surface area contributed by atoms with E-state index in [1.165, 1.54) is 4.68 Å². The second-order valence-electron chi connectivity index (χ2n) is 3.57. The number of nitrogens with zero attached hydrogens (tertiary/aromatic N) is 2. The van der Waals surface area contributed by atoms with Crippen LogP contribution in [0.1, 0.15) is 24.3 Å². The summed E-state index contributed by atoms with van der Waals surface area (Å²) < 4.78 is 6.34. The van der Waals surface area contributed by atoms with Gasteiger partial charge in [0.25, 0.3) is 0 Å². The lowest BCUT2D eigenvalue weighted by atomic mass is 10.3. The number of carbonyl (C=O) groups is 1. The van der Waals surface area contributed by atoms with Crippen LogP contribution in [-0.2, 0) is 4.74 Å².